The van der Waals surface area contributed by atoms with Gasteiger partial charge in [-0.2, -0.15) is 0 Å². The van der Waals surface area contributed by atoms with E-state index in [1.165, 1.54) is 0 Å². The predicted molar refractivity (Wildman–Crippen MR) is 138 cm³/mol. The van der Waals surface area contributed by atoms with Crippen molar-refractivity contribution in [1.82, 2.24) is 14.9 Å². The molecule has 0 aliphatic carbocycles. The van der Waals surface area contributed by atoms with Crippen LogP contribution in [0.4, 0.5) is 10.5 Å². The maximum Gasteiger partial charge on any atom is 0.410 e. The van der Waals surface area contributed by atoms with Crippen LogP contribution >= 0.6 is 0 Å². The smallest absolute Gasteiger partial charge is 0.410 e. The number of carbonyl (C=O) groups excluding carboxylic acids is 2. The van der Waals surface area contributed by atoms with Gasteiger partial charge in [0.05, 0.1) is 0 Å². The largest absolute Gasteiger partial charge is 0.444 e. The maximum atomic E-state index is 12.3. The highest BCUT2D eigenvalue weighted by atomic mass is 16.6. The van der Waals surface area contributed by atoms with Crippen molar-refractivity contribution in [3.8, 4) is 22.8 Å². The minimum atomic E-state index is -0.649. The summed E-state index contributed by atoms with van der Waals surface area (Å²) in [5.74, 6) is 0.0289. The van der Waals surface area contributed by atoms with E-state index < -0.39 is 11.5 Å². The summed E-state index contributed by atoms with van der Waals surface area (Å²) in [7, 11) is 0. The highest BCUT2D eigenvalue weighted by molar-refractivity contribution is 5.99. The fourth-order valence-corrected chi connectivity index (χ4v) is 4.37. The van der Waals surface area contributed by atoms with Gasteiger partial charge in [-0.05, 0) is 63.2 Å². The molecule has 0 saturated carbocycles. The summed E-state index contributed by atoms with van der Waals surface area (Å²) in [6.45, 7) is 8.15. The molecular weight excluding hydrogens is 458 g/mol. The molecule has 2 aromatic heterocycles. The number of hydrogen-bond donors (Lipinski definition) is 2. The minimum Gasteiger partial charge on any atom is -0.444 e. The SMILES string of the molecule is CC(C)(C)OC(=O)N1CCN(c2ccc(-c3oc(-c4cccc5[nH]ccc45)nc3C(N)=O)cc2)CC1. The van der Waals surface area contributed by atoms with Crippen LogP contribution < -0.4 is 10.6 Å². The van der Waals surface area contributed by atoms with Crippen molar-refractivity contribution in [2.24, 2.45) is 5.73 Å². The number of nitrogens with one attached hydrogen (secondary N) is 1. The topological polar surface area (TPSA) is 118 Å². The van der Waals surface area contributed by atoms with Gasteiger partial charge in [0.15, 0.2) is 11.5 Å². The number of anilines is 1. The van der Waals surface area contributed by atoms with Crippen molar-refractivity contribution in [2.45, 2.75) is 26.4 Å². The van der Waals surface area contributed by atoms with E-state index in [4.69, 9.17) is 14.9 Å². The first kappa shape index (κ1) is 23.5. The van der Waals surface area contributed by atoms with Gasteiger partial charge in [0, 0.05) is 60.1 Å². The molecule has 4 aromatic rings. The molecule has 9 nitrogen and oxygen atoms in total. The maximum absolute atomic E-state index is 12.3. The Hall–Kier alpha value is -4.27. The summed E-state index contributed by atoms with van der Waals surface area (Å²) in [5, 5.41) is 0.946. The molecule has 36 heavy (non-hydrogen) atoms. The van der Waals surface area contributed by atoms with E-state index in [1.54, 1.807) is 4.90 Å². The molecule has 2 amide bonds. The lowest BCUT2D eigenvalue weighted by molar-refractivity contribution is 0.0240. The number of amides is 2. The molecule has 0 radical (unpaired) electrons. The van der Waals surface area contributed by atoms with E-state index >= 15 is 0 Å². The van der Waals surface area contributed by atoms with Crippen molar-refractivity contribution in [3.05, 3.63) is 60.4 Å². The van der Waals surface area contributed by atoms with Crippen LogP contribution in [0.25, 0.3) is 33.7 Å². The lowest BCUT2D eigenvalue weighted by Gasteiger charge is -2.36. The molecule has 1 saturated heterocycles. The van der Waals surface area contributed by atoms with Gasteiger partial charge < -0.3 is 29.7 Å². The van der Waals surface area contributed by atoms with Crippen molar-refractivity contribution in [3.63, 3.8) is 0 Å². The lowest BCUT2D eigenvalue weighted by atomic mass is 10.1. The Morgan fingerprint density at radius 2 is 1.75 bits per heavy atom. The Morgan fingerprint density at radius 3 is 2.42 bits per heavy atom. The fraction of sp³-hybridized carbons (Fsp3) is 0.296. The molecule has 3 heterocycles. The fourth-order valence-electron chi connectivity index (χ4n) is 4.37. The Bertz CT molecular complexity index is 1410. The minimum absolute atomic E-state index is 0.0938. The number of nitrogens with zero attached hydrogens (tertiary/aromatic N) is 3. The zero-order chi connectivity index (χ0) is 25.4. The molecule has 1 aliphatic rings. The number of fused-ring (bicyclic) bond motifs is 1. The van der Waals surface area contributed by atoms with Gasteiger partial charge in [0.25, 0.3) is 5.91 Å². The van der Waals surface area contributed by atoms with Crippen molar-refractivity contribution < 1.29 is 18.7 Å². The molecule has 0 unspecified atom stereocenters. The van der Waals surface area contributed by atoms with Crippen LogP contribution in [0.15, 0.2) is 59.1 Å². The summed E-state index contributed by atoms with van der Waals surface area (Å²) < 4.78 is 11.6. The first-order valence-corrected chi connectivity index (χ1v) is 11.9. The van der Waals surface area contributed by atoms with E-state index in [-0.39, 0.29) is 11.8 Å². The Labute approximate surface area is 208 Å². The molecule has 2 aromatic carbocycles. The molecule has 1 fully saturated rings. The van der Waals surface area contributed by atoms with Gasteiger partial charge in [-0.1, -0.05) is 6.07 Å². The van der Waals surface area contributed by atoms with E-state index in [2.05, 4.69) is 14.9 Å². The highest BCUT2D eigenvalue weighted by Gasteiger charge is 2.26. The first-order chi connectivity index (χ1) is 17.2. The Kier molecular flexibility index (Phi) is 5.91. The summed E-state index contributed by atoms with van der Waals surface area (Å²) in [4.78, 5) is 36.1. The number of rotatable bonds is 4. The molecule has 0 atom stereocenters. The monoisotopic (exact) mass is 487 g/mol. The standard InChI is InChI=1S/C27H29N5O4/c1-27(2,3)36-26(34)32-15-13-31(14-16-32)18-9-7-17(8-10-18)23-22(24(28)33)30-25(35-23)20-5-4-6-21-19(20)11-12-29-21/h4-12,29H,13-16H2,1-3H3,(H2,28,33). The second-order valence-corrected chi connectivity index (χ2v) is 9.81. The zero-order valence-electron chi connectivity index (χ0n) is 20.6. The van der Waals surface area contributed by atoms with Gasteiger partial charge in [-0.25, -0.2) is 9.78 Å². The summed E-state index contributed by atoms with van der Waals surface area (Å²) in [6.07, 6.45) is 1.56. The average molecular weight is 488 g/mol. The Balaban J connectivity index is 1.35. The van der Waals surface area contributed by atoms with Crippen LogP contribution in [0.2, 0.25) is 0 Å². The third-order valence-corrected chi connectivity index (χ3v) is 6.11. The van der Waals surface area contributed by atoms with Crippen molar-refractivity contribution in [2.75, 3.05) is 31.1 Å². The van der Waals surface area contributed by atoms with Crippen LogP contribution in [-0.2, 0) is 4.74 Å². The quantitative estimate of drug-likeness (QED) is 0.433. The van der Waals surface area contributed by atoms with Crippen LogP contribution in [0.5, 0.6) is 0 Å². The predicted octanol–water partition coefficient (Wildman–Crippen LogP) is 4.65. The van der Waals surface area contributed by atoms with E-state index in [0.29, 0.717) is 43.4 Å². The van der Waals surface area contributed by atoms with Crippen LogP contribution in [0.1, 0.15) is 31.3 Å². The number of carbonyl (C=O) groups is 2. The van der Waals surface area contributed by atoms with Crippen LogP contribution in [0, 0.1) is 0 Å². The highest BCUT2D eigenvalue weighted by Crippen LogP contribution is 2.34. The molecule has 5 rings (SSSR count). The van der Waals surface area contributed by atoms with E-state index in [9.17, 15) is 9.59 Å². The summed E-state index contributed by atoms with van der Waals surface area (Å²) in [6, 6.07) is 15.4. The molecule has 0 spiro atoms. The van der Waals surface area contributed by atoms with Crippen molar-refractivity contribution in [1.29, 1.82) is 0 Å². The van der Waals surface area contributed by atoms with Crippen LogP contribution in [-0.4, -0.2) is 58.6 Å². The summed E-state index contributed by atoms with van der Waals surface area (Å²) >= 11 is 0. The average Bonchev–Trinajstić information content (AvgIpc) is 3.51. The number of oxazole rings is 1. The van der Waals surface area contributed by atoms with Gasteiger partial charge in [-0.15, -0.1) is 0 Å². The third kappa shape index (κ3) is 4.64. The normalized spacial score (nSPS) is 14.3. The van der Waals surface area contributed by atoms with Crippen LogP contribution in [0.3, 0.4) is 0 Å². The first-order valence-electron chi connectivity index (χ1n) is 11.9. The molecule has 0 bridgehead atoms. The zero-order valence-corrected chi connectivity index (χ0v) is 20.6. The number of aromatic nitrogens is 2. The molecule has 9 heteroatoms. The van der Waals surface area contributed by atoms with Crippen molar-refractivity contribution >= 4 is 28.6 Å². The second-order valence-electron chi connectivity index (χ2n) is 9.81. The summed E-state index contributed by atoms with van der Waals surface area (Å²) in [5.41, 5.74) is 8.67. The van der Waals surface area contributed by atoms with Gasteiger partial charge in [-0.3, -0.25) is 4.79 Å². The number of hydrogen-bond acceptors (Lipinski definition) is 6. The van der Waals surface area contributed by atoms with Gasteiger partial charge >= 0.3 is 6.09 Å². The molecular formula is C27H29N5O4. The number of ether oxygens (including phenoxy) is 1. The van der Waals surface area contributed by atoms with E-state index in [1.807, 2.05) is 75.5 Å². The van der Waals surface area contributed by atoms with E-state index in [0.717, 1.165) is 22.2 Å². The number of primary amides is 1. The molecule has 1 aliphatic heterocycles. The number of piperazine rings is 1. The van der Waals surface area contributed by atoms with Gasteiger partial charge in [0.2, 0.25) is 5.89 Å². The lowest BCUT2D eigenvalue weighted by Crippen LogP contribution is -2.50. The third-order valence-electron chi connectivity index (χ3n) is 6.11. The second kappa shape index (κ2) is 9.07. The Morgan fingerprint density at radius 1 is 1.03 bits per heavy atom. The number of nitrogens with two attached hydrogens (primary N) is 1. The molecule has 186 valence electrons. The van der Waals surface area contributed by atoms with Gasteiger partial charge in [0.1, 0.15) is 5.60 Å². The molecule has 3 N–H and O–H groups in total. The number of aromatic amines is 1. The number of H-pyrrole nitrogens is 1. The number of benzene rings is 2.